The number of hydrogen-bond donors (Lipinski definition) is 0. The average Bonchev–Trinajstić information content (AvgIpc) is 2.54. The van der Waals surface area contributed by atoms with Crippen molar-refractivity contribution in [2.75, 3.05) is 24.2 Å². The van der Waals surface area contributed by atoms with Gasteiger partial charge in [-0.05, 0) is 44.0 Å². The van der Waals surface area contributed by atoms with E-state index in [1.807, 2.05) is 11.9 Å². The molecule has 1 aromatic rings. The molecule has 0 unspecified atom stereocenters. The van der Waals surface area contributed by atoms with Gasteiger partial charge in [-0.3, -0.25) is 9.10 Å². The van der Waals surface area contributed by atoms with E-state index in [2.05, 4.69) is 0 Å². The van der Waals surface area contributed by atoms with Crippen molar-refractivity contribution in [1.29, 1.82) is 0 Å². The maximum Gasteiger partial charge on any atom is 0.253 e. The number of anilines is 1. The van der Waals surface area contributed by atoms with E-state index in [4.69, 9.17) is 0 Å². The highest BCUT2D eigenvalue weighted by Crippen LogP contribution is 2.24. The van der Waals surface area contributed by atoms with Crippen LogP contribution in [0.1, 0.15) is 49.4 Å². The zero-order chi connectivity index (χ0) is 17.0. The van der Waals surface area contributed by atoms with Crippen LogP contribution in [0.3, 0.4) is 0 Å². The van der Waals surface area contributed by atoms with Crippen LogP contribution in [0.2, 0.25) is 0 Å². The lowest BCUT2D eigenvalue weighted by molar-refractivity contribution is 0.0696. The van der Waals surface area contributed by atoms with Gasteiger partial charge in [-0.1, -0.05) is 19.3 Å². The Morgan fingerprint density at radius 3 is 2.17 bits per heavy atom. The second-order valence-corrected chi connectivity index (χ2v) is 8.09. The van der Waals surface area contributed by atoms with Gasteiger partial charge < -0.3 is 4.90 Å². The van der Waals surface area contributed by atoms with E-state index in [0.717, 1.165) is 12.8 Å². The Kier molecular flexibility index (Phi) is 5.68. The lowest BCUT2D eigenvalue weighted by atomic mass is 9.94. The first kappa shape index (κ1) is 17.8. The van der Waals surface area contributed by atoms with Crippen LogP contribution in [0.15, 0.2) is 24.3 Å². The van der Waals surface area contributed by atoms with Gasteiger partial charge in [-0.25, -0.2) is 8.42 Å². The first-order valence-electron chi connectivity index (χ1n) is 8.19. The summed E-state index contributed by atoms with van der Waals surface area (Å²) in [6, 6.07) is 7.15. The third-order valence-electron chi connectivity index (χ3n) is 4.53. The maximum atomic E-state index is 12.6. The maximum absolute atomic E-state index is 12.6. The van der Waals surface area contributed by atoms with Crippen molar-refractivity contribution in [2.45, 2.75) is 45.1 Å². The molecule has 1 saturated carbocycles. The minimum atomic E-state index is -3.30. The van der Waals surface area contributed by atoms with E-state index >= 15 is 0 Å². The van der Waals surface area contributed by atoms with E-state index in [1.54, 1.807) is 31.2 Å². The Morgan fingerprint density at radius 2 is 1.70 bits per heavy atom. The van der Waals surface area contributed by atoms with Gasteiger partial charge in [0.05, 0.1) is 11.9 Å². The number of hydrogen-bond acceptors (Lipinski definition) is 3. The van der Waals surface area contributed by atoms with Crippen LogP contribution >= 0.6 is 0 Å². The van der Waals surface area contributed by atoms with Gasteiger partial charge in [-0.2, -0.15) is 0 Å². The quantitative estimate of drug-likeness (QED) is 0.829. The molecule has 0 bridgehead atoms. The molecule has 1 amide bonds. The molecule has 1 fully saturated rings. The van der Waals surface area contributed by atoms with Crippen LogP contribution in [0, 0.1) is 0 Å². The summed E-state index contributed by atoms with van der Waals surface area (Å²) in [5.41, 5.74) is 1.19. The van der Waals surface area contributed by atoms with Gasteiger partial charge >= 0.3 is 0 Å². The summed E-state index contributed by atoms with van der Waals surface area (Å²) in [6.45, 7) is 2.16. The Balaban J connectivity index is 2.13. The first-order valence-corrected chi connectivity index (χ1v) is 10.0. The van der Waals surface area contributed by atoms with Crippen molar-refractivity contribution in [3.63, 3.8) is 0 Å². The minimum absolute atomic E-state index is 0.00542. The highest BCUT2D eigenvalue weighted by Gasteiger charge is 2.23. The van der Waals surface area contributed by atoms with E-state index < -0.39 is 10.0 Å². The molecule has 6 heteroatoms. The lowest BCUT2D eigenvalue weighted by Crippen LogP contribution is -2.38. The normalized spacial score (nSPS) is 16.1. The molecule has 0 atom stereocenters. The van der Waals surface area contributed by atoms with Crippen LogP contribution < -0.4 is 4.31 Å². The summed E-state index contributed by atoms with van der Waals surface area (Å²) in [7, 11) is -1.43. The monoisotopic (exact) mass is 338 g/mol. The van der Waals surface area contributed by atoms with E-state index in [-0.39, 0.29) is 5.91 Å². The smallest absolute Gasteiger partial charge is 0.253 e. The summed E-state index contributed by atoms with van der Waals surface area (Å²) in [4.78, 5) is 14.4. The molecule has 0 spiro atoms. The lowest BCUT2D eigenvalue weighted by Gasteiger charge is -2.31. The van der Waals surface area contributed by atoms with Crippen LogP contribution in [0.4, 0.5) is 5.69 Å². The molecule has 0 saturated heterocycles. The van der Waals surface area contributed by atoms with Crippen molar-refractivity contribution in [1.82, 2.24) is 4.90 Å². The highest BCUT2D eigenvalue weighted by atomic mass is 32.2. The average molecular weight is 338 g/mol. The van der Waals surface area contributed by atoms with Crippen molar-refractivity contribution in [3.05, 3.63) is 29.8 Å². The summed E-state index contributed by atoms with van der Waals surface area (Å²) in [6.07, 6.45) is 6.94. The van der Waals surface area contributed by atoms with E-state index in [9.17, 15) is 13.2 Å². The molecule has 1 aliphatic carbocycles. The molecule has 0 heterocycles. The SMILES string of the molecule is CCN(c1ccc(C(=O)N(C)C2CCCCC2)cc1)S(C)(=O)=O. The van der Waals surface area contributed by atoms with Gasteiger partial charge in [-0.15, -0.1) is 0 Å². The third-order valence-corrected chi connectivity index (χ3v) is 5.80. The Morgan fingerprint density at radius 1 is 1.13 bits per heavy atom. The zero-order valence-electron chi connectivity index (χ0n) is 14.2. The summed E-state index contributed by atoms with van der Waals surface area (Å²) >= 11 is 0. The molecule has 5 nitrogen and oxygen atoms in total. The number of rotatable bonds is 5. The summed E-state index contributed by atoms with van der Waals surface area (Å²) < 4.78 is 24.8. The number of nitrogens with zero attached hydrogens (tertiary/aromatic N) is 2. The van der Waals surface area contributed by atoms with Crippen LogP contribution in [0.25, 0.3) is 0 Å². The van der Waals surface area contributed by atoms with Gasteiger partial charge in [0.25, 0.3) is 5.91 Å². The summed E-state index contributed by atoms with van der Waals surface area (Å²) in [5.74, 6) is 0.00542. The number of benzene rings is 1. The van der Waals surface area contributed by atoms with Crippen molar-refractivity contribution >= 4 is 21.6 Å². The topological polar surface area (TPSA) is 57.7 Å². The molecule has 0 aromatic heterocycles. The number of amides is 1. The molecule has 128 valence electrons. The Bertz CT molecular complexity index is 634. The van der Waals surface area contributed by atoms with Crippen LogP contribution in [-0.2, 0) is 10.0 Å². The van der Waals surface area contributed by atoms with Crippen molar-refractivity contribution < 1.29 is 13.2 Å². The van der Waals surface area contributed by atoms with Crippen LogP contribution in [0.5, 0.6) is 0 Å². The first-order chi connectivity index (χ1) is 10.8. The molecule has 1 aliphatic rings. The van der Waals surface area contributed by atoms with Crippen LogP contribution in [-0.4, -0.2) is 45.1 Å². The molecular formula is C17H26N2O3S. The molecule has 0 aliphatic heterocycles. The third kappa shape index (κ3) is 4.25. The molecule has 0 radical (unpaired) electrons. The number of sulfonamides is 1. The second kappa shape index (κ2) is 7.34. The Hall–Kier alpha value is -1.56. The fraction of sp³-hybridized carbons (Fsp3) is 0.588. The number of carbonyl (C=O) groups is 1. The molecule has 2 rings (SSSR count). The molecule has 1 aromatic carbocycles. The van der Waals surface area contributed by atoms with Gasteiger partial charge in [0.15, 0.2) is 0 Å². The predicted molar refractivity (Wildman–Crippen MR) is 93.3 cm³/mol. The molecule has 0 N–H and O–H groups in total. The predicted octanol–water partition coefficient (Wildman–Crippen LogP) is 2.88. The largest absolute Gasteiger partial charge is 0.339 e. The minimum Gasteiger partial charge on any atom is -0.339 e. The highest BCUT2D eigenvalue weighted by molar-refractivity contribution is 7.92. The zero-order valence-corrected chi connectivity index (χ0v) is 15.0. The van der Waals surface area contributed by atoms with E-state index in [1.165, 1.54) is 29.8 Å². The second-order valence-electron chi connectivity index (χ2n) is 6.18. The van der Waals surface area contributed by atoms with Gasteiger partial charge in [0, 0.05) is 25.2 Å². The van der Waals surface area contributed by atoms with Crippen molar-refractivity contribution in [2.24, 2.45) is 0 Å². The fourth-order valence-corrected chi connectivity index (χ4v) is 4.19. The molecule has 23 heavy (non-hydrogen) atoms. The molecular weight excluding hydrogens is 312 g/mol. The van der Waals surface area contributed by atoms with Gasteiger partial charge in [0.1, 0.15) is 0 Å². The Labute approximate surface area is 139 Å². The summed E-state index contributed by atoms with van der Waals surface area (Å²) in [5, 5.41) is 0. The van der Waals surface area contributed by atoms with Crippen molar-refractivity contribution in [3.8, 4) is 0 Å². The van der Waals surface area contributed by atoms with Gasteiger partial charge in [0.2, 0.25) is 10.0 Å². The van der Waals surface area contributed by atoms with E-state index in [0.29, 0.717) is 23.8 Å². The number of carbonyl (C=O) groups excluding carboxylic acids is 1. The fourth-order valence-electron chi connectivity index (χ4n) is 3.22. The standard InChI is InChI=1S/C17H26N2O3S/c1-4-19(23(3,21)22)16-12-10-14(11-13-16)17(20)18(2)15-8-6-5-7-9-15/h10-13,15H,4-9H2,1-3H3.